The third-order valence-corrected chi connectivity index (χ3v) is 4.37. The normalized spacial score (nSPS) is 10.5. The monoisotopic (exact) mass is 357 g/mol. The molecule has 0 aliphatic heterocycles. The number of carbonyl (C=O) groups is 1. The van der Waals surface area contributed by atoms with Crippen LogP contribution in [0.15, 0.2) is 47.8 Å². The zero-order valence-electron chi connectivity index (χ0n) is 13.0. The molecule has 2 aromatic carbocycles. The Hall–Kier alpha value is -3.13. The van der Waals surface area contributed by atoms with Gasteiger partial charge in [0.05, 0.1) is 10.6 Å². The second-order valence-electron chi connectivity index (χ2n) is 5.21. The Balaban J connectivity index is 1.82. The average Bonchev–Trinajstić information content (AvgIpc) is 3.03. The molecule has 0 spiro atoms. The molecule has 0 unspecified atom stereocenters. The van der Waals surface area contributed by atoms with Gasteiger partial charge in [-0.3, -0.25) is 20.2 Å². The van der Waals surface area contributed by atoms with Gasteiger partial charge in [-0.25, -0.2) is 9.37 Å². The third kappa shape index (κ3) is 3.53. The number of halogens is 1. The Kier molecular flexibility index (Phi) is 4.53. The van der Waals surface area contributed by atoms with Crippen LogP contribution in [0.3, 0.4) is 0 Å². The van der Waals surface area contributed by atoms with E-state index in [-0.39, 0.29) is 17.1 Å². The van der Waals surface area contributed by atoms with E-state index in [4.69, 9.17) is 0 Å². The first kappa shape index (κ1) is 16.7. The van der Waals surface area contributed by atoms with Crippen LogP contribution in [0.2, 0.25) is 0 Å². The maximum absolute atomic E-state index is 13.0. The van der Waals surface area contributed by atoms with Crippen molar-refractivity contribution in [2.75, 3.05) is 5.32 Å². The Morgan fingerprint density at radius 1 is 1.24 bits per heavy atom. The molecule has 0 bridgehead atoms. The van der Waals surface area contributed by atoms with Crippen LogP contribution in [0.25, 0.3) is 11.3 Å². The summed E-state index contributed by atoms with van der Waals surface area (Å²) in [7, 11) is 0. The molecule has 1 aromatic heterocycles. The number of carbonyl (C=O) groups excluding carboxylic acids is 1. The summed E-state index contributed by atoms with van der Waals surface area (Å²) in [5, 5.41) is 15.7. The summed E-state index contributed by atoms with van der Waals surface area (Å²) in [5.41, 5.74) is 1.73. The molecule has 1 heterocycles. The lowest BCUT2D eigenvalue weighted by Gasteiger charge is -2.05. The van der Waals surface area contributed by atoms with E-state index in [1.54, 1.807) is 17.5 Å². The predicted octanol–water partition coefficient (Wildman–Crippen LogP) is 4.42. The van der Waals surface area contributed by atoms with E-state index in [0.717, 1.165) is 5.56 Å². The summed E-state index contributed by atoms with van der Waals surface area (Å²) >= 11 is 1.22. The number of nitrogens with one attached hydrogen (secondary N) is 1. The Labute approximate surface area is 146 Å². The smallest absolute Gasteiger partial charge is 0.273 e. The van der Waals surface area contributed by atoms with Crippen molar-refractivity contribution in [2.45, 2.75) is 6.92 Å². The lowest BCUT2D eigenvalue weighted by molar-refractivity contribution is -0.385. The predicted molar refractivity (Wildman–Crippen MR) is 93.3 cm³/mol. The molecule has 3 rings (SSSR count). The zero-order valence-corrected chi connectivity index (χ0v) is 13.8. The largest absolute Gasteiger partial charge is 0.298 e. The van der Waals surface area contributed by atoms with Gasteiger partial charge in [-0.1, -0.05) is 6.07 Å². The lowest BCUT2D eigenvalue weighted by Crippen LogP contribution is -2.14. The number of hydrogen-bond acceptors (Lipinski definition) is 5. The summed E-state index contributed by atoms with van der Waals surface area (Å²) in [6.45, 7) is 1.53. The first-order valence-electron chi connectivity index (χ1n) is 7.22. The number of rotatable bonds is 4. The standard InChI is InChI=1S/C17H12FN3O3S/c1-10-13(3-2-4-15(10)21(23)24)16(22)20-17-19-14(9-25-17)11-5-7-12(18)8-6-11/h2-9H,1H3,(H,19,20,22). The molecule has 0 fully saturated rings. The molecular weight excluding hydrogens is 345 g/mol. The van der Waals surface area contributed by atoms with E-state index in [1.165, 1.54) is 48.6 Å². The van der Waals surface area contributed by atoms with Crippen molar-refractivity contribution in [1.82, 2.24) is 4.98 Å². The molecule has 6 nitrogen and oxygen atoms in total. The van der Waals surface area contributed by atoms with Gasteiger partial charge in [-0.05, 0) is 37.3 Å². The van der Waals surface area contributed by atoms with Crippen LogP contribution < -0.4 is 5.32 Å². The summed E-state index contributed by atoms with van der Waals surface area (Å²) in [6.07, 6.45) is 0. The molecule has 0 aliphatic carbocycles. The minimum Gasteiger partial charge on any atom is -0.298 e. The van der Waals surface area contributed by atoms with Crippen molar-refractivity contribution in [1.29, 1.82) is 0 Å². The Bertz CT molecular complexity index is 954. The van der Waals surface area contributed by atoms with Gasteiger partial charge in [0.15, 0.2) is 5.13 Å². The van der Waals surface area contributed by atoms with Gasteiger partial charge in [0.25, 0.3) is 11.6 Å². The van der Waals surface area contributed by atoms with Crippen LogP contribution in [0.4, 0.5) is 15.2 Å². The number of aromatic nitrogens is 1. The number of nitro benzene ring substituents is 1. The zero-order chi connectivity index (χ0) is 18.0. The van der Waals surface area contributed by atoms with Crippen LogP contribution >= 0.6 is 11.3 Å². The molecule has 0 atom stereocenters. The molecule has 0 aliphatic rings. The number of amides is 1. The second kappa shape index (κ2) is 6.78. The van der Waals surface area contributed by atoms with Gasteiger partial charge < -0.3 is 0 Å². The topological polar surface area (TPSA) is 85.1 Å². The number of nitro groups is 1. The van der Waals surface area contributed by atoms with Gasteiger partial charge in [0.1, 0.15) is 5.82 Å². The van der Waals surface area contributed by atoms with Crippen LogP contribution in [0.5, 0.6) is 0 Å². The molecule has 0 radical (unpaired) electrons. The van der Waals surface area contributed by atoms with Crippen molar-refractivity contribution >= 4 is 28.1 Å². The van der Waals surface area contributed by atoms with Gasteiger partial charge in [-0.15, -0.1) is 11.3 Å². The van der Waals surface area contributed by atoms with E-state index >= 15 is 0 Å². The van der Waals surface area contributed by atoms with E-state index < -0.39 is 10.8 Å². The quantitative estimate of drug-likeness (QED) is 0.553. The molecule has 0 saturated heterocycles. The first-order valence-corrected chi connectivity index (χ1v) is 8.10. The summed E-state index contributed by atoms with van der Waals surface area (Å²) in [6, 6.07) is 10.2. The maximum Gasteiger partial charge on any atom is 0.273 e. The fourth-order valence-corrected chi connectivity index (χ4v) is 3.03. The molecule has 1 N–H and O–H groups in total. The lowest BCUT2D eigenvalue weighted by atomic mass is 10.1. The summed E-state index contributed by atoms with van der Waals surface area (Å²) in [5.74, 6) is -0.810. The van der Waals surface area contributed by atoms with Crippen LogP contribution in [0, 0.1) is 22.9 Å². The molecule has 0 saturated carbocycles. The third-order valence-electron chi connectivity index (χ3n) is 3.61. The minimum atomic E-state index is -0.526. The highest BCUT2D eigenvalue weighted by atomic mass is 32.1. The Morgan fingerprint density at radius 3 is 2.64 bits per heavy atom. The van der Waals surface area contributed by atoms with E-state index in [0.29, 0.717) is 16.4 Å². The highest BCUT2D eigenvalue weighted by Gasteiger charge is 2.18. The van der Waals surface area contributed by atoms with E-state index in [9.17, 15) is 19.3 Å². The van der Waals surface area contributed by atoms with Crippen LogP contribution in [-0.4, -0.2) is 15.8 Å². The van der Waals surface area contributed by atoms with Gasteiger partial charge in [0, 0.05) is 28.1 Å². The molecule has 8 heteroatoms. The van der Waals surface area contributed by atoms with Gasteiger partial charge in [-0.2, -0.15) is 0 Å². The minimum absolute atomic E-state index is 0.112. The van der Waals surface area contributed by atoms with Crippen molar-refractivity contribution in [3.63, 3.8) is 0 Å². The fourth-order valence-electron chi connectivity index (χ4n) is 2.32. The van der Waals surface area contributed by atoms with Crippen molar-refractivity contribution in [3.05, 3.63) is 74.9 Å². The molecule has 3 aromatic rings. The van der Waals surface area contributed by atoms with Gasteiger partial charge >= 0.3 is 0 Å². The Morgan fingerprint density at radius 2 is 1.96 bits per heavy atom. The van der Waals surface area contributed by atoms with E-state index in [1.807, 2.05) is 0 Å². The highest BCUT2D eigenvalue weighted by molar-refractivity contribution is 7.14. The van der Waals surface area contributed by atoms with Crippen LogP contribution in [-0.2, 0) is 0 Å². The first-order chi connectivity index (χ1) is 12.0. The fraction of sp³-hybridized carbons (Fsp3) is 0.0588. The van der Waals surface area contributed by atoms with Crippen molar-refractivity contribution in [3.8, 4) is 11.3 Å². The van der Waals surface area contributed by atoms with Crippen molar-refractivity contribution < 1.29 is 14.1 Å². The van der Waals surface area contributed by atoms with Gasteiger partial charge in [0.2, 0.25) is 0 Å². The number of thiazole rings is 1. The second-order valence-corrected chi connectivity index (χ2v) is 6.06. The van der Waals surface area contributed by atoms with Crippen molar-refractivity contribution in [2.24, 2.45) is 0 Å². The molecule has 1 amide bonds. The van der Waals surface area contributed by atoms with E-state index in [2.05, 4.69) is 10.3 Å². The molecule has 25 heavy (non-hydrogen) atoms. The average molecular weight is 357 g/mol. The molecule has 126 valence electrons. The highest BCUT2D eigenvalue weighted by Crippen LogP contribution is 2.26. The number of nitrogens with zero attached hydrogens (tertiary/aromatic N) is 2. The number of hydrogen-bond donors (Lipinski definition) is 1. The summed E-state index contributed by atoms with van der Waals surface area (Å²) < 4.78 is 13.0. The van der Waals surface area contributed by atoms with Crippen LogP contribution in [0.1, 0.15) is 15.9 Å². The number of benzene rings is 2. The number of anilines is 1. The summed E-state index contributed by atoms with van der Waals surface area (Å²) in [4.78, 5) is 27.1. The maximum atomic E-state index is 13.0. The molecular formula is C17H12FN3O3S. The SMILES string of the molecule is Cc1c(C(=O)Nc2nc(-c3ccc(F)cc3)cs2)cccc1[N+](=O)[O-].